The number of anilines is 1. The highest BCUT2D eigenvalue weighted by Gasteiger charge is 2.12. The number of aliphatic hydroxyl groups is 1. The topological polar surface area (TPSA) is 95.3 Å². The van der Waals surface area contributed by atoms with E-state index in [1.54, 1.807) is 6.07 Å². The number of carbonyl (C=O) groups is 1. The lowest BCUT2D eigenvalue weighted by Crippen LogP contribution is -2.10. The van der Waals surface area contributed by atoms with Gasteiger partial charge in [0.1, 0.15) is 5.82 Å². The Morgan fingerprint density at radius 3 is 2.70 bits per heavy atom. The molecule has 0 saturated carbocycles. The zero-order chi connectivity index (χ0) is 14.4. The molecule has 0 spiro atoms. The summed E-state index contributed by atoms with van der Waals surface area (Å²) in [5, 5.41) is 21.7. The van der Waals surface area contributed by atoms with E-state index in [-0.39, 0.29) is 12.4 Å². The van der Waals surface area contributed by atoms with Crippen molar-refractivity contribution < 1.29 is 15.0 Å². The second kappa shape index (κ2) is 6.81. The molecule has 1 aromatic heterocycles. The average molecular weight is 275 g/mol. The van der Waals surface area contributed by atoms with Crippen molar-refractivity contribution in [3.63, 3.8) is 0 Å². The number of nitrogens with one attached hydrogen (secondary N) is 1. The number of aromatic carboxylic acids is 1. The van der Waals surface area contributed by atoms with Gasteiger partial charge in [-0.25, -0.2) is 14.8 Å². The van der Waals surface area contributed by atoms with E-state index in [2.05, 4.69) is 15.3 Å². The maximum absolute atomic E-state index is 11.0. The minimum absolute atomic E-state index is 0.194. The molecule has 3 N–H and O–H groups in total. The fourth-order valence-corrected chi connectivity index (χ4v) is 1.93. The third-order valence-corrected chi connectivity index (χ3v) is 2.92. The first kappa shape index (κ1) is 14.2. The SMILES string of the molecule is O=C(O)c1nc(NCCCCCO)c2ccccc2n1. The number of unbranched alkanes of at least 4 members (excludes halogenated alkanes) is 2. The van der Waals surface area contributed by atoms with E-state index in [0.717, 1.165) is 24.6 Å². The molecule has 0 fully saturated rings. The molecule has 0 saturated heterocycles. The molecular weight excluding hydrogens is 258 g/mol. The van der Waals surface area contributed by atoms with Gasteiger partial charge in [-0.2, -0.15) is 0 Å². The van der Waals surface area contributed by atoms with Gasteiger partial charge >= 0.3 is 5.97 Å². The molecule has 2 aromatic rings. The predicted octanol–water partition coefficient (Wildman–Crippen LogP) is 1.90. The van der Waals surface area contributed by atoms with Crippen molar-refractivity contribution in [3.05, 3.63) is 30.1 Å². The second-order valence-corrected chi connectivity index (χ2v) is 4.43. The van der Waals surface area contributed by atoms with Crippen molar-refractivity contribution in [3.8, 4) is 0 Å². The molecule has 0 amide bonds. The zero-order valence-corrected chi connectivity index (χ0v) is 11.0. The Labute approximate surface area is 116 Å². The minimum atomic E-state index is -1.14. The number of carboxylic acids is 1. The number of fused-ring (bicyclic) bond motifs is 1. The summed E-state index contributed by atoms with van der Waals surface area (Å²) < 4.78 is 0. The lowest BCUT2D eigenvalue weighted by molar-refractivity contribution is 0.0684. The smallest absolute Gasteiger partial charge is 0.374 e. The fraction of sp³-hybridized carbons (Fsp3) is 0.357. The van der Waals surface area contributed by atoms with Crippen LogP contribution in [0.25, 0.3) is 10.9 Å². The molecule has 6 heteroatoms. The van der Waals surface area contributed by atoms with Crippen molar-refractivity contribution in [2.24, 2.45) is 0 Å². The number of hydrogen-bond donors (Lipinski definition) is 3. The number of hydrogen-bond acceptors (Lipinski definition) is 5. The van der Waals surface area contributed by atoms with Crippen LogP contribution >= 0.6 is 0 Å². The standard InChI is InChI=1S/C14H17N3O3/c18-9-5-1-4-8-15-12-10-6-2-3-7-11(10)16-13(17-12)14(19)20/h2-3,6-7,18H,1,4-5,8-9H2,(H,19,20)(H,15,16,17). The predicted molar refractivity (Wildman–Crippen MR) is 75.9 cm³/mol. The molecule has 0 aliphatic heterocycles. The van der Waals surface area contributed by atoms with E-state index < -0.39 is 5.97 Å². The number of rotatable bonds is 7. The third kappa shape index (κ3) is 3.42. The lowest BCUT2D eigenvalue weighted by atomic mass is 10.2. The summed E-state index contributed by atoms with van der Waals surface area (Å²) in [5.41, 5.74) is 0.609. The van der Waals surface area contributed by atoms with Gasteiger partial charge < -0.3 is 15.5 Å². The molecule has 1 heterocycles. The van der Waals surface area contributed by atoms with Crippen LogP contribution in [-0.2, 0) is 0 Å². The first-order chi connectivity index (χ1) is 9.72. The summed E-state index contributed by atoms with van der Waals surface area (Å²) in [6.45, 7) is 0.875. The molecule has 0 aliphatic rings. The Bertz CT molecular complexity index is 601. The van der Waals surface area contributed by atoms with Crippen LogP contribution in [0.5, 0.6) is 0 Å². The van der Waals surface area contributed by atoms with Gasteiger partial charge in [0, 0.05) is 18.5 Å². The average Bonchev–Trinajstić information content (AvgIpc) is 2.46. The molecule has 0 aliphatic carbocycles. The van der Waals surface area contributed by atoms with Gasteiger partial charge in [0.15, 0.2) is 0 Å². The second-order valence-electron chi connectivity index (χ2n) is 4.43. The van der Waals surface area contributed by atoms with Crippen LogP contribution < -0.4 is 5.32 Å². The van der Waals surface area contributed by atoms with Crippen LogP contribution in [0.2, 0.25) is 0 Å². The molecule has 2 rings (SSSR count). The Morgan fingerprint density at radius 2 is 1.95 bits per heavy atom. The van der Waals surface area contributed by atoms with Crippen molar-refractivity contribution in [1.29, 1.82) is 0 Å². The molecule has 6 nitrogen and oxygen atoms in total. The quantitative estimate of drug-likeness (QED) is 0.668. The van der Waals surface area contributed by atoms with Gasteiger partial charge in [-0.05, 0) is 31.4 Å². The number of nitrogens with zero attached hydrogens (tertiary/aromatic N) is 2. The first-order valence-electron chi connectivity index (χ1n) is 6.57. The van der Waals surface area contributed by atoms with Crippen LogP contribution in [0.1, 0.15) is 29.9 Å². The van der Waals surface area contributed by atoms with Crippen molar-refractivity contribution in [1.82, 2.24) is 9.97 Å². The van der Waals surface area contributed by atoms with Crippen LogP contribution in [0.3, 0.4) is 0 Å². The van der Waals surface area contributed by atoms with E-state index in [0.29, 0.717) is 17.9 Å². The maximum Gasteiger partial charge on any atom is 0.374 e. The van der Waals surface area contributed by atoms with E-state index >= 15 is 0 Å². The summed E-state index contributed by atoms with van der Waals surface area (Å²) in [5.74, 6) is -0.808. The number of aliphatic hydroxyl groups excluding tert-OH is 1. The third-order valence-electron chi connectivity index (χ3n) is 2.92. The number of para-hydroxylation sites is 1. The normalized spacial score (nSPS) is 10.7. The highest BCUT2D eigenvalue weighted by Crippen LogP contribution is 2.20. The van der Waals surface area contributed by atoms with Gasteiger partial charge in [-0.3, -0.25) is 0 Å². The molecule has 20 heavy (non-hydrogen) atoms. The molecule has 106 valence electrons. The van der Waals surface area contributed by atoms with Crippen LogP contribution in [0, 0.1) is 0 Å². The van der Waals surface area contributed by atoms with E-state index in [1.807, 2.05) is 18.2 Å². The van der Waals surface area contributed by atoms with Crippen molar-refractivity contribution >= 4 is 22.7 Å². The van der Waals surface area contributed by atoms with E-state index in [1.165, 1.54) is 0 Å². The Morgan fingerprint density at radius 1 is 1.15 bits per heavy atom. The molecule has 1 aromatic carbocycles. The molecular formula is C14H17N3O3. The molecule has 0 unspecified atom stereocenters. The van der Waals surface area contributed by atoms with Crippen LogP contribution in [-0.4, -0.2) is 39.3 Å². The van der Waals surface area contributed by atoms with E-state index in [9.17, 15) is 4.79 Å². The van der Waals surface area contributed by atoms with E-state index in [4.69, 9.17) is 10.2 Å². The Kier molecular flexibility index (Phi) is 4.84. The van der Waals surface area contributed by atoms with Crippen molar-refractivity contribution in [2.75, 3.05) is 18.5 Å². The molecule has 0 bridgehead atoms. The lowest BCUT2D eigenvalue weighted by Gasteiger charge is -2.09. The summed E-state index contributed by atoms with van der Waals surface area (Å²) in [6.07, 6.45) is 2.58. The van der Waals surface area contributed by atoms with Gasteiger partial charge in [0.2, 0.25) is 5.82 Å². The Balaban J connectivity index is 2.19. The first-order valence-corrected chi connectivity index (χ1v) is 6.57. The zero-order valence-electron chi connectivity index (χ0n) is 11.0. The number of carboxylic acid groups (broad SMARTS) is 1. The largest absolute Gasteiger partial charge is 0.475 e. The van der Waals surface area contributed by atoms with Gasteiger partial charge in [-0.15, -0.1) is 0 Å². The highest BCUT2D eigenvalue weighted by atomic mass is 16.4. The monoisotopic (exact) mass is 275 g/mol. The number of benzene rings is 1. The van der Waals surface area contributed by atoms with Crippen LogP contribution in [0.4, 0.5) is 5.82 Å². The minimum Gasteiger partial charge on any atom is -0.475 e. The van der Waals surface area contributed by atoms with Gasteiger partial charge in [-0.1, -0.05) is 12.1 Å². The van der Waals surface area contributed by atoms with Gasteiger partial charge in [0.25, 0.3) is 0 Å². The number of aromatic nitrogens is 2. The molecule has 0 atom stereocenters. The Hall–Kier alpha value is -2.21. The van der Waals surface area contributed by atoms with Gasteiger partial charge in [0.05, 0.1) is 5.52 Å². The summed E-state index contributed by atoms with van der Waals surface area (Å²) in [4.78, 5) is 19.1. The molecule has 0 radical (unpaired) electrons. The highest BCUT2D eigenvalue weighted by molar-refractivity contribution is 5.93. The van der Waals surface area contributed by atoms with Crippen LogP contribution in [0.15, 0.2) is 24.3 Å². The van der Waals surface area contributed by atoms with Crippen molar-refractivity contribution in [2.45, 2.75) is 19.3 Å². The summed E-state index contributed by atoms with van der Waals surface area (Å²) in [6, 6.07) is 7.30. The summed E-state index contributed by atoms with van der Waals surface area (Å²) >= 11 is 0. The maximum atomic E-state index is 11.0. The fourth-order valence-electron chi connectivity index (χ4n) is 1.93. The summed E-state index contributed by atoms with van der Waals surface area (Å²) in [7, 11) is 0.